The van der Waals surface area contributed by atoms with Crippen LogP contribution in [0, 0.1) is 6.92 Å². The van der Waals surface area contributed by atoms with Crippen LogP contribution in [0.15, 0.2) is 21.3 Å². The first-order chi connectivity index (χ1) is 10.8. The second kappa shape index (κ2) is 5.01. The zero-order valence-corrected chi connectivity index (χ0v) is 13.4. The third kappa shape index (κ3) is 2.17. The molecule has 0 unspecified atom stereocenters. The Morgan fingerprint density at radius 1 is 1.43 bits per heavy atom. The summed E-state index contributed by atoms with van der Waals surface area (Å²) < 4.78 is 16.5. The SMILES string of the molecule is CC(=O)OC[C@@]1(C)c2c(c3c(C)c(O)ccc3oc2=O)O[C@H]1C. The Morgan fingerprint density at radius 2 is 2.13 bits per heavy atom. The molecule has 1 aliphatic rings. The molecule has 2 aromatic rings. The van der Waals surface area contributed by atoms with Gasteiger partial charge in [0.1, 0.15) is 29.8 Å². The minimum absolute atomic E-state index is 0.0185. The van der Waals surface area contributed by atoms with Gasteiger partial charge < -0.3 is 19.0 Å². The second-order valence-corrected chi connectivity index (χ2v) is 6.13. The van der Waals surface area contributed by atoms with Crippen LogP contribution in [0.3, 0.4) is 0 Å². The Hall–Kier alpha value is -2.50. The van der Waals surface area contributed by atoms with Crippen molar-refractivity contribution >= 4 is 16.9 Å². The maximum atomic E-state index is 12.5. The predicted octanol–water partition coefficient (Wildman–Crippen LogP) is 2.41. The molecule has 0 saturated carbocycles. The molecule has 3 rings (SSSR count). The highest BCUT2D eigenvalue weighted by molar-refractivity contribution is 5.90. The monoisotopic (exact) mass is 318 g/mol. The number of carbonyl (C=O) groups excluding carboxylic acids is 1. The lowest BCUT2D eigenvalue weighted by atomic mass is 9.80. The van der Waals surface area contributed by atoms with Gasteiger partial charge in [-0.05, 0) is 32.9 Å². The summed E-state index contributed by atoms with van der Waals surface area (Å²) in [6.07, 6.45) is -0.382. The second-order valence-electron chi connectivity index (χ2n) is 6.13. The molecule has 0 spiro atoms. The lowest BCUT2D eigenvalue weighted by molar-refractivity contribution is -0.143. The van der Waals surface area contributed by atoms with E-state index in [1.165, 1.54) is 19.1 Å². The van der Waals surface area contributed by atoms with Gasteiger partial charge in [-0.2, -0.15) is 0 Å². The van der Waals surface area contributed by atoms with Crippen molar-refractivity contribution in [3.05, 3.63) is 33.7 Å². The van der Waals surface area contributed by atoms with Crippen molar-refractivity contribution in [1.29, 1.82) is 0 Å². The average molecular weight is 318 g/mol. The summed E-state index contributed by atoms with van der Waals surface area (Å²) in [6, 6.07) is 3.01. The molecule has 0 amide bonds. The number of aryl methyl sites for hydroxylation is 1. The number of esters is 1. The van der Waals surface area contributed by atoms with Gasteiger partial charge in [0.15, 0.2) is 0 Å². The molecular weight excluding hydrogens is 300 g/mol. The van der Waals surface area contributed by atoms with Crippen LogP contribution in [0.5, 0.6) is 11.5 Å². The smallest absolute Gasteiger partial charge is 0.344 e. The van der Waals surface area contributed by atoms with Crippen molar-refractivity contribution in [2.24, 2.45) is 0 Å². The molecule has 2 atom stereocenters. The number of phenols is 1. The van der Waals surface area contributed by atoms with Crippen LogP contribution >= 0.6 is 0 Å². The molecule has 1 N–H and O–H groups in total. The van der Waals surface area contributed by atoms with Crippen LogP contribution < -0.4 is 10.4 Å². The number of hydrogen-bond acceptors (Lipinski definition) is 6. The number of aromatic hydroxyl groups is 1. The third-order valence-electron chi connectivity index (χ3n) is 4.60. The molecular formula is C17H18O6. The number of ether oxygens (including phenoxy) is 2. The summed E-state index contributed by atoms with van der Waals surface area (Å²) in [6.45, 7) is 6.67. The zero-order chi connectivity index (χ0) is 16.9. The van der Waals surface area contributed by atoms with Crippen molar-refractivity contribution in [3.8, 4) is 11.5 Å². The van der Waals surface area contributed by atoms with Gasteiger partial charge in [0.05, 0.1) is 16.4 Å². The number of hydrogen-bond donors (Lipinski definition) is 1. The highest BCUT2D eigenvalue weighted by Gasteiger charge is 2.48. The Morgan fingerprint density at radius 3 is 2.78 bits per heavy atom. The van der Waals surface area contributed by atoms with Crippen LogP contribution in [0.25, 0.3) is 11.0 Å². The zero-order valence-electron chi connectivity index (χ0n) is 13.4. The molecule has 1 aromatic heterocycles. The molecule has 0 saturated heterocycles. The van der Waals surface area contributed by atoms with Gasteiger partial charge >= 0.3 is 11.6 Å². The highest BCUT2D eigenvalue weighted by atomic mass is 16.5. The van der Waals surface area contributed by atoms with Crippen LogP contribution in [0.4, 0.5) is 0 Å². The van der Waals surface area contributed by atoms with Gasteiger partial charge in [0.2, 0.25) is 0 Å². The van der Waals surface area contributed by atoms with E-state index in [4.69, 9.17) is 13.9 Å². The normalized spacial score (nSPS) is 22.7. The average Bonchev–Trinajstić information content (AvgIpc) is 2.74. The van der Waals surface area contributed by atoms with E-state index in [-0.39, 0.29) is 18.5 Å². The summed E-state index contributed by atoms with van der Waals surface area (Å²) in [5, 5.41) is 10.5. The van der Waals surface area contributed by atoms with Crippen molar-refractivity contribution in [1.82, 2.24) is 0 Å². The van der Waals surface area contributed by atoms with E-state index < -0.39 is 17.0 Å². The van der Waals surface area contributed by atoms with Gasteiger partial charge in [-0.1, -0.05) is 0 Å². The molecule has 6 nitrogen and oxygen atoms in total. The van der Waals surface area contributed by atoms with E-state index in [2.05, 4.69) is 0 Å². The van der Waals surface area contributed by atoms with Gasteiger partial charge in [-0.15, -0.1) is 0 Å². The van der Waals surface area contributed by atoms with Gasteiger partial charge in [-0.3, -0.25) is 4.79 Å². The maximum absolute atomic E-state index is 12.5. The fourth-order valence-corrected chi connectivity index (χ4v) is 2.97. The third-order valence-corrected chi connectivity index (χ3v) is 4.60. The van der Waals surface area contributed by atoms with E-state index in [1.54, 1.807) is 13.8 Å². The molecule has 0 fully saturated rings. The Bertz CT molecular complexity index is 865. The fourth-order valence-electron chi connectivity index (χ4n) is 2.97. The highest BCUT2D eigenvalue weighted by Crippen LogP contribution is 2.46. The topological polar surface area (TPSA) is 86.0 Å². The van der Waals surface area contributed by atoms with Crippen molar-refractivity contribution in [2.75, 3.05) is 6.61 Å². The van der Waals surface area contributed by atoms with E-state index in [1.807, 2.05) is 6.92 Å². The van der Waals surface area contributed by atoms with Crippen molar-refractivity contribution in [3.63, 3.8) is 0 Å². The fraction of sp³-hybridized carbons (Fsp3) is 0.412. The van der Waals surface area contributed by atoms with E-state index in [0.29, 0.717) is 27.8 Å². The van der Waals surface area contributed by atoms with Crippen LogP contribution in [0.1, 0.15) is 31.9 Å². The first-order valence-electron chi connectivity index (χ1n) is 7.35. The molecule has 2 heterocycles. The molecule has 0 bridgehead atoms. The lowest BCUT2D eigenvalue weighted by Gasteiger charge is -2.26. The molecule has 1 aliphatic heterocycles. The van der Waals surface area contributed by atoms with Gasteiger partial charge in [0.25, 0.3) is 0 Å². The number of rotatable bonds is 2. The maximum Gasteiger partial charge on any atom is 0.344 e. The first-order valence-corrected chi connectivity index (χ1v) is 7.35. The largest absolute Gasteiger partial charge is 0.508 e. The van der Waals surface area contributed by atoms with Gasteiger partial charge in [0, 0.05) is 12.5 Å². The number of fused-ring (bicyclic) bond motifs is 3. The summed E-state index contributed by atoms with van der Waals surface area (Å²) in [4.78, 5) is 23.6. The van der Waals surface area contributed by atoms with E-state index >= 15 is 0 Å². The number of phenolic OH excluding ortho intramolecular Hbond substituents is 1. The van der Waals surface area contributed by atoms with Gasteiger partial charge in [-0.25, -0.2) is 4.79 Å². The Balaban J connectivity index is 2.29. The van der Waals surface area contributed by atoms with E-state index in [0.717, 1.165) is 0 Å². The summed E-state index contributed by atoms with van der Waals surface area (Å²) in [5.41, 5.74) is -0.0586. The van der Waals surface area contributed by atoms with Crippen LogP contribution in [-0.4, -0.2) is 23.8 Å². The lowest BCUT2D eigenvalue weighted by Crippen LogP contribution is -2.40. The summed E-state index contributed by atoms with van der Waals surface area (Å²) >= 11 is 0. The summed E-state index contributed by atoms with van der Waals surface area (Å²) in [5.74, 6) is 0.0658. The summed E-state index contributed by atoms with van der Waals surface area (Å²) in [7, 11) is 0. The van der Waals surface area contributed by atoms with E-state index in [9.17, 15) is 14.7 Å². The minimum Gasteiger partial charge on any atom is -0.508 e. The van der Waals surface area contributed by atoms with Crippen molar-refractivity contribution < 1.29 is 23.8 Å². The number of carbonyl (C=O) groups is 1. The Kier molecular flexibility index (Phi) is 3.35. The minimum atomic E-state index is -0.812. The molecule has 23 heavy (non-hydrogen) atoms. The van der Waals surface area contributed by atoms with Crippen LogP contribution in [-0.2, 0) is 14.9 Å². The first kappa shape index (κ1) is 15.4. The van der Waals surface area contributed by atoms with Crippen molar-refractivity contribution in [2.45, 2.75) is 39.2 Å². The standard InChI is InChI=1S/C17H18O6/c1-8-11(19)5-6-12-13(8)15-14(16(20)23-12)17(4,9(2)22-15)7-21-10(3)18/h5-6,9,19H,7H2,1-4H3/t9-,17+/m0/s1. The molecule has 122 valence electrons. The predicted molar refractivity (Wildman–Crippen MR) is 83.0 cm³/mol. The molecule has 0 aliphatic carbocycles. The molecule has 0 radical (unpaired) electrons. The van der Waals surface area contributed by atoms with Crippen LogP contribution in [0.2, 0.25) is 0 Å². The number of benzene rings is 1. The Labute approximate surface area is 132 Å². The molecule has 1 aromatic carbocycles. The quantitative estimate of drug-likeness (QED) is 0.676. The molecule has 6 heteroatoms.